The van der Waals surface area contributed by atoms with Crippen molar-refractivity contribution in [1.29, 1.82) is 0 Å². The number of hydrogen-bond donors (Lipinski definition) is 1. The molecular weight excluding hydrogens is 357 g/mol. The highest BCUT2D eigenvalue weighted by Gasteiger charge is 2.21. The molecule has 0 spiro atoms. The van der Waals surface area contributed by atoms with Crippen molar-refractivity contribution in [2.24, 2.45) is 5.92 Å². The molecule has 1 aromatic heterocycles. The molecule has 1 atom stereocenters. The van der Waals surface area contributed by atoms with Gasteiger partial charge < -0.3 is 10.2 Å². The van der Waals surface area contributed by atoms with Gasteiger partial charge in [-0.25, -0.2) is 0 Å². The van der Waals surface area contributed by atoms with Crippen LogP contribution < -0.4 is 5.32 Å². The molecule has 1 amide bonds. The van der Waals surface area contributed by atoms with Crippen LogP contribution in [0, 0.1) is 19.8 Å². The van der Waals surface area contributed by atoms with Gasteiger partial charge in [-0.1, -0.05) is 18.2 Å². The summed E-state index contributed by atoms with van der Waals surface area (Å²) in [6.45, 7) is 6.91. The summed E-state index contributed by atoms with van der Waals surface area (Å²) in [5, 5.41) is 4.37. The second-order valence-corrected chi connectivity index (χ2v) is 6.68. The molecule has 1 N–H and O–H groups in total. The lowest BCUT2D eigenvalue weighted by Crippen LogP contribution is -2.39. The van der Waals surface area contributed by atoms with Gasteiger partial charge in [-0.05, 0) is 57.3 Å². The van der Waals surface area contributed by atoms with Crippen LogP contribution in [-0.2, 0) is 0 Å². The van der Waals surface area contributed by atoms with Gasteiger partial charge in [-0.2, -0.15) is 0 Å². The fourth-order valence-electron chi connectivity index (χ4n) is 3.45. The number of hydrogen-bond acceptors (Lipinski definition) is 3. The summed E-state index contributed by atoms with van der Waals surface area (Å²) < 4.78 is 0. The fourth-order valence-corrected chi connectivity index (χ4v) is 3.45. The highest BCUT2D eigenvalue weighted by molar-refractivity contribution is 6.06. The number of rotatable bonds is 3. The molecule has 0 saturated carbocycles. The topological polar surface area (TPSA) is 45.2 Å². The molecule has 6 heteroatoms. The van der Waals surface area contributed by atoms with Gasteiger partial charge in [0.25, 0.3) is 5.91 Å². The number of pyridine rings is 1. The quantitative estimate of drug-likeness (QED) is 0.876. The second-order valence-electron chi connectivity index (χ2n) is 6.68. The number of benzene rings is 1. The van der Waals surface area contributed by atoms with Crippen molar-refractivity contribution in [2.75, 3.05) is 26.7 Å². The van der Waals surface area contributed by atoms with E-state index in [9.17, 15) is 4.79 Å². The van der Waals surface area contributed by atoms with Gasteiger partial charge in [0.1, 0.15) is 0 Å². The number of halogens is 2. The van der Waals surface area contributed by atoms with E-state index in [-0.39, 0.29) is 30.7 Å². The maximum Gasteiger partial charge on any atom is 0.254 e. The number of piperidine rings is 1. The van der Waals surface area contributed by atoms with Gasteiger partial charge in [0.05, 0.1) is 11.1 Å². The molecule has 2 heterocycles. The Kier molecular flexibility index (Phi) is 8.13. The van der Waals surface area contributed by atoms with Crippen molar-refractivity contribution in [2.45, 2.75) is 26.7 Å². The van der Waals surface area contributed by atoms with Gasteiger partial charge in [-0.3, -0.25) is 9.78 Å². The molecule has 138 valence electrons. The second kappa shape index (κ2) is 9.37. The summed E-state index contributed by atoms with van der Waals surface area (Å²) in [4.78, 5) is 19.5. The normalized spacial score (nSPS) is 16.7. The molecule has 0 aliphatic carbocycles. The molecular formula is C19H27Cl2N3O. The lowest BCUT2D eigenvalue weighted by atomic mass is 9.98. The summed E-state index contributed by atoms with van der Waals surface area (Å²) in [6, 6.07) is 7.95. The van der Waals surface area contributed by atoms with Crippen LogP contribution in [0.5, 0.6) is 0 Å². The third-order valence-corrected chi connectivity index (χ3v) is 4.68. The predicted molar refractivity (Wildman–Crippen MR) is 108 cm³/mol. The fraction of sp³-hybridized carbons (Fsp3) is 0.474. The third kappa shape index (κ3) is 4.84. The van der Waals surface area contributed by atoms with E-state index in [2.05, 4.69) is 10.3 Å². The molecule has 1 saturated heterocycles. The van der Waals surface area contributed by atoms with Crippen molar-refractivity contribution in [3.05, 3.63) is 41.1 Å². The van der Waals surface area contributed by atoms with Crippen LogP contribution in [-0.4, -0.2) is 42.5 Å². The maximum atomic E-state index is 13.0. The van der Waals surface area contributed by atoms with E-state index in [1.807, 2.05) is 50.1 Å². The van der Waals surface area contributed by atoms with Crippen molar-refractivity contribution >= 4 is 41.6 Å². The number of nitrogens with zero attached hydrogens (tertiary/aromatic N) is 2. The molecule has 3 rings (SSSR count). The van der Waals surface area contributed by atoms with Crippen LogP contribution in [0.3, 0.4) is 0 Å². The number of amides is 1. The number of para-hydroxylation sites is 1. The number of aromatic nitrogens is 1. The lowest BCUT2D eigenvalue weighted by Gasteiger charge is -2.28. The summed E-state index contributed by atoms with van der Waals surface area (Å²) in [5.74, 6) is 0.644. The lowest BCUT2D eigenvalue weighted by molar-refractivity contribution is 0.0766. The Bertz CT molecular complexity index is 730. The number of aryl methyl sites for hydroxylation is 2. The monoisotopic (exact) mass is 383 g/mol. The molecule has 1 fully saturated rings. The van der Waals surface area contributed by atoms with Crippen LogP contribution in [0.25, 0.3) is 10.9 Å². The summed E-state index contributed by atoms with van der Waals surface area (Å²) in [7, 11) is 1.91. The Hall–Kier alpha value is -1.36. The summed E-state index contributed by atoms with van der Waals surface area (Å²) in [5.41, 5.74) is 3.70. The van der Waals surface area contributed by atoms with Crippen LogP contribution in [0.2, 0.25) is 0 Å². The molecule has 1 aliphatic rings. The average molecular weight is 384 g/mol. The molecule has 0 bridgehead atoms. The van der Waals surface area contributed by atoms with Gasteiger partial charge in [0.15, 0.2) is 0 Å². The Morgan fingerprint density at radius 1 is 1.32 bits per heavy atom. The Morgan fingerprint density at radius 2 is 2.08 bits per heavy atom. The number of nitrogens with one attached hydrogen (secondary N) is 1. The number of carbonyl (C=O) groups is 1. The Morgan fingerprint density at radius 3 is 2.76 bits per heavy atom. The van der Waals surface area contributed by atoms with E-state index >= 15 is 0 Å². The molecule has 1 aromatic carbocycles. The molecule has 1 unspecified atom stereocenters. The van der Waals surface area contributed by atoms with Crippen LogP contribution >= 0.6 is 24.8 Å². The minimum Gasteiger partial charge on any atom is -0.341 e. The SMILES string of the molecule is Cc1cc(C(=O)N(C)CC2CCCNC2)c2cccc(C)c2n1.Cl.Cl. The van der Waals surface area contributed by atoms with E-state index < -0.39 is 0 Å². The van der Waals surface area contributed by atoms with Crippen molar-refractivity contribution < 1.29 is 4.79 Å². The minimum atomic E-state index is 0. The molecule has 2 aromatic rings. The first-order valence-electron chi connectivity index (χ1n) is 8.39. The van der Waals surface area contributed by atoms with E-state index in [1.54, 1.807) is 0 Å². The molecule has 1 aliphatic heterocycles. The number of carbonyl (C=O) groups excluding carboxylic acids is 1. The molecule has 0 radical (unpaired) electrons. The van der Waals surface area contributed by atoms with E-state index in [1.165, 1.54) is 12.8 Å². The zero-order chi connectivity index (χ0) is 16.4. The van der Waals surface area contributed by atoms with E-state index in [4.69, 9.17) is 0 Å². The first-order chi connectivity index (χ1) is 11.1. The Labute approximate surface area is 162 Å². The van der Waals surface area contributed by atoms with E-state index in [0.717, 1.165) is 47.4 Å². The van der Waals surface area contributed by atoms with Crippen molar-refractivity contribution in [3.63, 3.8) is 0 Å². The highest BCUT2D eigenvalue weighted by atomic mass is 35.5. The molecule has 25 heavy (non-hydrogen) atoms. The average Bonchev–Trinajstić information content (AvgIpc) is 2.55. The zero-order valence-electron chi connectivity index (χ0n) is 15.0. The molecule has 4 nitrogen and oxygen atoms in total. The number of fused-ring (bicyclic) bond motifs is 1. The van der Waals surface area contributed by atoms with Crippen LogP contribution in [0.15, 0.2) is 24.3 Å². The van der Waals surface area contributed by atoms with Crippen LogP contribution in [0.1, 0.15) is 34.5 Å². The summed E-state index contributed by atoms with van der Waals surface area (Å²) in [6.07, 6.45) is 2.39. The van der Waals surface area contributed by atoms with Gasteiger partial charge in [-0.15, -0.1) is 24.8 Å². The first-order valence-corrected chi connectivity index (χ1v) is 8.39. The largest absolute Gasteiger partial charge is 0.341 e. The van der Waals surface area contributed by atoms with Crippen molar-refractivity contribution in [1.82, 2.24) is 15.2 Å². The highest BCUT2D eigenvalue weighted by Crippen LogP contribution is 2.23. The summed E-state index contributed by atoms with van der Waals surface area (Å²) >= 11 is 0. The zero-order valence-corrected chi connectivity index (χ0v) is 16.7. The third-order valence-electron chi connectivity index (χ3n) is 4.68. The maximum absolute atomic E-state index is 13.0. The predicted octanol–water partition coefficient (Wildman–Crippen LogP) is 3.77. The Balaban J connectivity index is 0.00000156. The van der Waals surface area contributed by atoms with Gasteiger partial charge >= 0.3 is 0 Å². The van der Waals surface area contributed by atoms with Crippen molar-refractivity contribution in [3.8, 4) is 0 Å². The van der Waals surface area contributed by atoms with Gasteiger partial charge in [0.2, 0.25) is 0 Å². The smallest absolute Gasteiger partial charge is 0.254 e. The minimum absolute atomic E-state index is 0. The standard InChI is InChI=1S/C19H25N3O.2ClH/c1-13-6-4-8-16-17(10-14(2)21-18(13)16)19(23)22(3)12-15-7-5-9-20-11-15;;/h4,6,8,10,15,20H,5,7,9,11-12H2,1-3H3;2*1H. The van der Waals surface area contributed by atoms with Crippen LogP contribution in [0.4, 0.5) is 0 Å². The first kappa shape index (κ1) is 21.7. The van der Waals surface area contributed by atoms with E-state index in [0.29, 0.717) is 5.92 Å². The van der Waals surface area contributed by atoms with Gasteiger partial charge in [0, 0.05) is 24.7 Å².